The summed E-state index contributed by atoms with van der Waals surface area (Å²) in [7, 11) is 1.22. The number of furan rings is 1. The Kier molecular flexibility index (Phi) is 5.20. The molecule has 8 nitrogen and oxygen atoms in total. The smallest absolute Gasteiger partial charge is 0.374 e. The summed E-state index contributed by atoms with van der Waals surface area (Å²) in [6.07, 6.45) is 0. The van der Waals surface area contributed by atoms with Gasteiger partial charge in [0.1, 0.15) is 17.4 Å². The molecule has 24 heavy (non-hydrogen) atoms. The van der Waals surface area contributed by atoms with E-state index in [4.69, 9.17) is 20.8 Å². The Bertz CT molecular complexity index is 812. The second kappa shape index (κ2) is 7.14. The fourth-order valence-electron chi connectivity index (χ4n) is 1.91. The molecular formula is C15H12ClNO7. The van der Waals surface area contributed by atoms with Crippen molar-refractivity contribution in [2.24, 2.45) is 0 Å². The molecule has 2 aromatic rings. The van der Waals surface area contributed by atoms with Crippen LogP contribution in [0.15, 0.2) is 28.7 Å². The van der Waals surface area contributed by atoms with Gasteiger partial charge in [-0.25, -0.2) is 9.59 Å². The van der Waals surface area contributed by atoms with Crippen LogP contribution in [0.1, 0.15) is 32.2 Å². The third-order valence-corrected chi connectivity index (χ3v) is 3.38. The summed E-state index contributed by atoms with van der Waals surface area (Å²) < 4.78 is 14.8. The van der Waals surface area contributed by atoms with Gasteiger partial charge >= 0.3 is 11.9 Å². The summed E-state index contributed by atoms with van der Waals surface area (Å²) in [6.45, 7) is 1.40. The van der Waals surface area contributed by atoms with Crippen LogP contribution < -0.4 is 0 Å². The van der Waals surface area contributed by atoms with E-state index in [9.17, 15) is 19.7 Å². The minimum Gasteiger partial charge on any atom is -0.463 e. The number of rotatable bonds is 5. The highest BCUT2D eigenvalue weighted by Crippen LogP contribution is 2.25. The first-order chi connectivity index (χ1) is 11.3. The normalized spacial score (nSPS) is 10.3. The lowest BCUT2D eigenvalue weighted by molar-refractivity contribution is -0.384. The summed E-state index contributed by atoms with van der Waals surface area (Å²) in [5, 5.41) is 10.7. The summed E-state index contributed by atoms with van der Waals surface area (Å²) in [5.74, 6) is -1.17. The zero-order valence-corrected chi connectivity index (χ0v) is 13.5. The number of halogens is 1. The van der Waals surface area contributed by atoms with E-state index in [1.54, 1.807) is 6.92 Å². The van der Waals surface area contributed by atoms with Crippen LogP contribution in [0.25, 0.3) is 0 Å². The van der Waals surface area contributed by atoms with E-state index in [0.717, 1.165) is 6.07 Å². The Hall–Kier alpha value is -2.87. The van der Waals surface area contributed by atoms with Crippen LogP contribution >= 0.6 is 11.6 Å². The highest BCUT2D eigenvalue weighted by atomic mass is 35.5. The van der Waals surface area contributed by atoms with Gasteiger partial charge in [0.15, 0.2) is 0 Å². The molecule has 0 bridgehead atoms. The Morgan fingerprint density at radius 2 is 2.00 bits per heavy atom. The largest absolute Gasteiger partial charge is 0.463 e. The predicted molar refractivity (Wildman–Crippen MR) is 82.0 cm³/mol. The molecule has 126 valence electrons. The first kappa shape index (κ1) is 17.5. The number of esters is 2. The van der Waals surface area contributed by atoms with Gasteiger partial charge in [-0.1, -0.05) is 11.6 Å². The fourth-order valence-corrected chi connectivity index (χ4v) is 2.10. The molecule has 1 heterocycles. The van der Waals surface area contributed by atoms with E-state index in [2.05, 4.69) is 4.74 Å². The van der Waals surface area contributed by atoms with Gasteiger partial charge in [-0.3, -0.25) is 10.1 Å². The molecule has 0 atom stereocenters. The monoisotopic (exact) mass is 353 g/mol. The van der Waals surface area contributed by atoms with Crippen LogP contribution in [0.2, 0.25) is 5.02 Å². The Balaban J connectivity index is 2.10. The van der Waals surface area contributed by atoms with Crippen LogP contribution in [-0.2, 0) is 16.1 Å². The van der Waals surface area contributed by atoms with Crippen molar-refractivity contribution in [3.63, 3.8) is 0 Å². The number of hydrogen-bond acceptors (Lipinski definition) is 7. The molecule has 0 spiro atoms. The van der Waals surface area contributed by atoms with Crippen molar-refractivity contribution in [3.8, 4) is 0 Å². The first-order valence-electron chi connectivity index (χ1n) is 6.62. The maximum atomic E-state index is 12.0. The van der Waals surface area contributed by atoms with Crippen molar-refractivity contribution < 1.29 is 28.4 Å². The summed E-state index contributed by atoms with van der Waals surface area (Å²) in [4.78, 5) is 33.5. The molecule has 0 unspecified atom stereocenters. The van der Waals surface area contributed by atoms with E-state index in [-0.39, 0.29) is 28.7 Å². The maximum absolute atomic E-state index is 12.0. The van der Waals surface area contributed by atoms with Crippen molar-refractivity contribution in [2.75, 3.05) is 7.11 Å². The van der Waals surface area contributed by atoms with Crippen LogP contribution in [-0.4, -0.2) is 24.0 Å². The van der Waals surface area contributed by atoms with Gasteiger partial charge in [0.2, 0.25) is 5.76 Å². The zero-order valence-electron chi connectivity index (χ0n) is 12.7. The van der Waals surface area contributed by atoms with E-state index < -0.39 is 22.5 Å². The van der Waals surface area contributed by atoms with Gasteiger partial charge < -0.3 is 13.9 Å². The average molecular weight is 354 g/mol. The van der Waals surface area contributed by atoms with E-state index in [0.29, 0.717) is 5.56 Å². The zero-order chi connectivity index (χ0) is 17.9. The number of ether oxygens (including phenoxy) is 2. The number of aryl methyl sites for hydroxylation is 1. The molecule has 9 heteroatoms. The van der Waals surface area contributed by atoms with Crippen molar-refractivity contribution >= 4 is 29.2 Å². The molecule has 1 aromatic heterocycles. The predicted octanol–water partition coefficient (Wildman–Crippen LogP) is 3.29. The molecule has 1 aromatic carbocycles. The average Bonchev–Trinajstić information content (AvgIpc) is 2.93. The third kappa shape index (κ3) is 3.72. The van der Waals surface area contributed by atoms with E-state index in [1.165, 1.54) is 25.3 Å². The number of nitro benzene ring substituents is 1. The molecule has 0 radical (unpaired) electrons. The molecule has 0 aliphatic rings. The lowest BCUT2D eigenvalue weighted by Gasteiger charge is -2.03. The standard InChI is InChI=1S/C15H12ClNO7/c1-8-5-10(24-13(8)15(19)22-2)7-23-14(18)9-3-4-11(16)12(6-9)17(20)21/h3-6H,7H2,1-2H3. The number of carbonyl (C=O) groups excluding carboxylic acids is 2. The number of methoxy groups -OCH3 is 1. The molecule has 0 N–H and O–H groups in total. The number of hydrogen-bond donors (Lipinski definition) is 0. The van der Waals surface area contributed by atoms with Crippen LogP contribution in [0, 0.1) is 17.0 Å². The highest BCUT2D eigenvalue weighted by molar-refractivity contribution is 6.32. The quantitative estimate of drug-likeness (QED) is 0.460. The van der Waals surface area contributed by atoms with Gasteiger partial charge in [0, 0.05) is 11.6 Å². The summed E-state index contributed by atoms with van der Waals surface area (Å²) >= 11 is 5.68. The molecule has 0 saturated carbocycles. The lowest BCUT2D eigenvalue weighted by atomic mass is 10.2. The van der Waals surface area contributed by atoms with Crippen molar-refractivity contribution in [3.05, 3.63) is 62.0 Å². The fraction of sp³-hybridized carbons (Fsp3) is 0.200. The molecule has 0 aliphatic carbocycles. The Morgan fingerprint density at radius 3 is 2.62 bits per heavy atom. The van der Waals surface area contributed by atoms with E-state index in [1.807, 2.05) is 0 Å². The maximum Gasteiger partial charge on any atom is 0.374 e. The highest BCUT2D eigenvalue weighted by Gasteiger charge is 2.19. The van der Waals surface area contributed by atoms with Gasteiger partial charge in [-0.2, -0.15) is 0 Å². The van der Waals surface area contributed by atoms with Crippen LogP contribution in [0.3, 0.4) is 0 Å². The molecule has 0 aliphatic heterocycles. The first-order valence-corrected chi connectivity index (χ1v) is 7.00. The number of nitro groups is 1. The van der Waals surface area contributed by atoms with Gasteiger partial charge in [-0.05, 0) is 25.1 Å². The van der Waals surface area contributed by atoms with Crippen molar-refractivity contribution in [2.45, 2.75) is 13.5 Å². The molecule has 0 amide bonds. The number of benzene rings is 1. The minimum absolute atomic E-state index is 0.0191. The number of carbonyl (C=O) groups is 2. The summed E-state index contributed by atoms with van der Waals surface area (Å²) in [5.41, 5.74) is 0.116. The van der Waals surface area contributed by atoms with Crippen LogP contribution in [0.5, 0.6) is 0 Å². The Morgan fingerprint density at radius 1 is 1.29 bits per heavy atom. The number of nitrogens with zero attached hydrogens (tertiary/aromatic N) is 1. The molecule has 2 rings (SSSR count). The Labute approximate surface area is 141 Å². The minimum atomic E-state index is -0.788. The second-order valence-corrected chi connectivity index (χ2v) is 5.12. The lowest BCUT2D eigenvalue weighted by Crippen LogP contribution is -2.05. The van der Waals surface area contributed by atoms with Gasteiger partial charge in [-0.15, -0.1) is 0 Å². The molecular weight excluding hydrogens is 342 g/mol. The third-order valence-electron chi connectivity index (χ3n) is 3.06. The van der Waals surface area contributed by atoms with Crippen molar-refractivity contribution in [1.29, 1.82) is 0 Å². The van der Waals surface area contributed by atoms with Crippen molar-refractivity contribution in [1.82, 2.24) is 0 Å². The van der Waals surface area contributed by atoms with Gasteiger partial charge in [0.05, 0.1) is 17.6 Å². The summed E-state index contributed by atoms with van der Waals surface area (Å²) in [6, 6.07) is 5.11. The van der Waals surface area contributed by atoms with E-state index >= 15 is 0 Å². The van der Waals surface area contributed by atoms with Crippen LogP contribution in [0.4, 0.5) is 5.69 Å². The molecule has 0 fully saturated rings. The SMILES string of the molecule is COC(=O)c1oc(COC(=O)c2ccc(Cl)c([N+](=O)[O-])c2)cc1C. The second-order valence-electron chi connectivity index (χ2n) is 4.72. The topological polar surface area (TPSA) is 109 Å². The molecule has 0 saturated heterocycles. The van der Waals surface area contributed by atoms with Gasteiger partial charge in [0.25, 0.3) is 5.69 Å².